The van der Waals surface area contributed by atoms with E-state index >= 15 is 0 Å². The molecule has 0 fully saturated rings. The van der Waals surface area contributed by atoms with Crippen LogP contribution in [0.15, 0.2) is 53.0 Å². The number of aliphatic hydroxyl groups excluding tert-OH is 1. The molecular weight excluding hydrogens is 306 g/mol. The maximum atomic E-state index is 11.9. The fraction of sp³-hybridized carbons (Fsp3) is 0.133. The van der Waals surface area contributed by atoms with Crippen molar-refractivity contribution in [2.45, 2.75) is 13.0 Å². The third-order valence-electron chi connectivity index (χ3n) is 2.74. The number of aliphatic hydroxyl groups is 1. The van der Waals surface area contributed by atoms with Crippen molar-refractivity contribution in [3.63, 3.8) is 0 Å². The largest absolute Gasteiger partial charge is 0.392 e. The number of amides is 1. The van der Waals surface area contributed by atoms with Gasteiger partial charge in [0.1, 0.15) is 0 Å². The molecule has 0 bridgehead atoms. The molecule has 2 N–H and O–H groups in total. The van der Waals surface area contributed by atoms with Gasteiger partial charge in [0.2, 0.25) is 5.91 Å². The minimum absolute atomic E-state index is 0.0886. The number of carbonyl (C=O) groups is 1. The fourth-order valence-corrected chi connectivity index (χ4v) is 2.03. The Morgan fingerprint density at radius 2 is 1.79 bits per heavy atom. The summed E-state index contributed by atoms with van der Waals surface area (Å²) in [7, 11) is 0. The Balaban J connectivity index is 2.03. The average Bonchev–Trinajstić information content (AvgIpc) is 2.42. The lowest BCUT2D eigenvalue weighted by atomic mass is 10.1. The summed E-state index contributed by atoms with van der Waals surface area (Å²) >= 11 is 3.36. The summed E-state index contributed by atoms with van der Waals surface area (Å²) in [4.78, 5) is 11.9. The molecular formula is C15H14BrNO2. The van der Waals surface area contributed by atoms with E-state index in [2.05, 4.69) is 21.2 Å². The molecule has 0 saturated heterocycles. The van der Waals surface area contributed by atoms with Gasteiger partial charge in [-0.15, -0.1) is 0 Å². The van der Waals surface area contributed by atoms with E-state index < -0.39 is 0 Å². The quantitative estimate of drug-likeness (QED) is 0.909. The highest BCUT2D eigenvalue weighted by molar-refractivity contribution is 9.10. The molecule has 2 aromatic carbocycles. The van der Waals surface area contributed by atoms with Gasteiger partial charge in [0.15, 0.2) is 0 Å². The molecule has 2 aromatic rings. The van der Waals surface area contributed by atoms with Crippen molar-refractivity contribution in [2.75, 3.05) is 5.32 Å². The van der Waals surface area contributed by atoms with Crippen LogP contribution in [0.25, 0.3) is 0 Å². The van der Waals surface area contributed by atoms with E-state index in [0.717, 1.165) is 10.0 Å². The van der Waals surface area contributed by atoms with Crippen molar-refractivity contribution in [3.05, 3.63) is 64.1 Å². The van der Waals surface area contributed by atoms with Gasteiger partial charge in [-0.2, -0.15) is 0 Å². The predicted molar refractivity (Wildman–Crippen MR) is 78.8 cm³/mol. The number of rotatable bonds is 4. The first-order valence-electron chi connectivity index (χ1n) is 5.92. The number of hydrogen-bond acceptors (Lipinski definition) is 2. The van der Waals surface area contributed by atoms with Gasteiger partial charge >= 0.3 is 0 Å². The van der Waals surface area contributed by atoms with Gasteiger partial charge in [0.25, 0.3) is 0 Å². The van der Waals surface area contributed by atoms with Crippen LogP contribution in [-0.4, -0.2) is 11.0 Å². The van der Waals surface area contributed by atoms with E-state index in [1.807, 2.05) is 36.4 Å². The first-order valence-corrected chi connectivity index (χ1v) is 6.71. The average molecular weight is 320 g/mol. The maximum Gasteiger partial charge on any atom is 0.228 e. The Morgan fingerprint density at radius 3 is 2.47 bits per heavy atom. The Bertz CT molecular complexity index is 567. The van der Waals surface area contributed by atoms with Crippen molar-refractivity contribution < 1.29 is 9.90 Å². The molecule has 0 heterocycles. The molecule has 0 aliphatic rings. The van der Waals surface area contributed by atoms with Gasteiger partial charge < -0.3 is 10.4 Å². The smallest absolute Gasteiger partial charge is 0.228 e. The Labute approximate surface area is 120 Å². The molecule has 0 unspecified atom stereocenters. The van der Waals surface area contributed by atoms with Crippen molar-refractivity contribution in [3.8, 4) is 0 Å². The number of benzene rings is 2. The van der Waals surface area contributed by atoms with Gasteiger partial charge in [0, 0.05) is 15.7 Å². The first-order chi connectivity index (χ1) is 9.19. The summed E-state index contributed by atoms with van der Waals surface area (Å²) in [6, 6.07) is 14.8. The van der Waals surface area contributed by atoms with Crippen LogP contribution >= 0.6 is 15.9 Å². The van der Waals surface area contributed by atoms with Crippen LogP contribution in [-0.2, 0) is 17.8 Å². The molecule has 98 valence electrons. The lowest BCUT2D eigenvalue weighted by Gasteiger charge is -2.09. The summed E-state index contributed by atoms with van der Waals surface area (Å²) < 4.78 is 0.988. The molecule has 0 aliphatic heterocycles. The molecule has 0 spiro atoms. The molecule has 4 heteroatoms. The minimum Gasteiger partial charge on any atom is -0.392 e. The van der Waals surface area contributed by atoms with Crippen LogP contribution in [0.2, 0.25) is 0 Å². The number of para-hydroxylation sites is 1. The molecule has 3 nitrogen and oxygen atoms in total. The zero-order valence-corrected chi connectivity index (χ0v) is 11.9. The number of anilines is 1. The van der Waals surface area contributed by atoms with E-state index in [-0.39, 0.29) is 12.5 Å². The topological polar surface area (TPSA) is 49.3 Å². The van der Waals surface area contributed by atoms with Gasteiger partial charge in [-0.25, -0.2) is 0 Å². The SMILES string of the molecule is O=C(Cc1ccc(Br)cc1)Nc1ccccc1CO. The summed E-state index contributed by atoms with van der Waals surface area (Å²) in [6.45, 7) is -0.0886. The number of carbonyl (C=O) groups excluding carboxylic acids is 1. The Hall–Kier alpha value is -1.65. The van der Waals surface area contributed by atoms with Gasteiger partial charge in [0.05, 0.1) is 13.0 Å². The Morgan fingerprint density at radius 1 is 1.11 bits per heavy atom. The highest BCUT2D eigenvalue weighted by Crippen LogP contribution is 2.16. The highest BCUT2D eigenvalue weighted by atomic mass is 79.9. The normalized spacial score (nSPS) is 10.2. The summed E-state index contributed by atoms with van der Waals surface area (Å²) in [5.41, 5.74) is 2.32. The maximum absolute atomic E-state index is 11.9. The number of halogens is 1. The predicted octanol–water partition coefficient (Wildman–Crippen LogP) is 3.12. The molecule has 0 aromatic heterocycles. The third kappa shape index (κ3) is 3.91. The molecule has 1 amide bonds. The number of nitrogens with one attached hydrogen (secondary N) is 1. The van der Waals surface area contributed by atoms with E-state index in [4.69, 9.17) is 0 Å². The summed E-state index contributed by atoms with van der Waals surface area (Å²) in [6.07, 6.45) is 0.313. The van der Waals surface area contributed by atoms with E-state index in [1.165, 1.54) is 0 Å². The van der Waals surface area contributed by atoms with Crippen molar-refractivity contribution >= 4 is 27.5 Å². The minimum atomic E-state index is -0.0942. The summed E-state index contributed by atoms with van der Waals surface area (Å²) in [5.74, 6) is -0.0942. The van der Waals surface area contributed by atoms with E-state index in [0.29, 0.717) is 17.7 Å². The van der Waals surface area contributed by atoms with Crippen molar-refractivity contribution in [1.82, 2.24) is 0 Å². The summed E-state index contributed by atoms with van der Waals surface area (Å²) in [5, 5.41) is 12.0. The van der Waals surface area contributed by atoms with E-state index in [9.17, 15) is 9.90 Å². The highest BCUT2D eigenvalue weighted by Gasteiger charge is 2.06. The second-order valence-corrected chi connectivity index (χ2v) is 5.08. The van der Waals surface area contributed by atoms with E-state index in [1.54, 1.807) is 12.1 Å². The second kappa shape index (κ2) is 6.50. The molecule has 0 aliphatic carbocycles. The molecule has 19 heavy (non-hydrogen) atoms. The lowest BCUT2D eigenvalue weighted by molar-refractivity contribution is -0.115. The first kappa shape index (κ1) is 13.8. The van der Waals surface area contributed by atoms with Gasteiger partial charge in [-0.05, 0) is 23.8 Å². The standard InChI is InChI=1S/C15H14BrNO2/c16-13-7-5-11(6-8-13)9-15(19)17-14-4-2-1-3-12(14)10-18/h1-8,18H,9-10H2,(H,17,19). The van der Waals surface area contributed by atoms with Crippen LogP contribution in [0.3, 0.4) is 0 Å². The van der Waals surface area contributed by atoms with Crippen LogP contribution in [0.1, 0.15) is 11.1 Å². The van der Waals surface area contributed by atoms with Gasteiger partial charge in [-0.3, -0.25) is 4.79 Å². The Kier molecular flexibility index (Phi) is 4.71. The van der Waals surface area contributed by atoms with Crippen molar-refractivity contribution in [2.24, 2.45) is 0 Å². The fourth-order valence-electron chi connectivity index (χ4n) is 1.76. The molecule has 2 rings (SSSR count). The molecule has 0 atom stereocenters. The van der Waals surface area contributed by atoms with Crippen molar-refractivity contribution in [1.29, 1.82) is 0 Å². The second-order valence-electron chi connectivity index (χ2n) is 4.17. The van der Waals surface area contributed by atoms with Crippen LogP contribution < -0.4 is 5.32 Å². The van der Waals surface area contributed by atoms with Gasteiger partial charge in [-0.1, -0.05) is 46.3 Å². The third-order valence-corrected chi connectivity index (χ3v) is 3.27. The van der Waals surface area contributed by atoms with Crippen LogP contribution in [0.4, 0.5) is 5.69 Å². The lowest BCUT2D eigenvalue weighted by Crippen LogP contribution is -2.15. The zero-order chi connectivity index (χ0) is 13.7. The molecule has 0 saturated carbocycles. The number of hydrogen-bond donors (Lipinski definition) is 2. The molecule has 0 radical (unpaired) electrons. The van der Waals surface area contributed by atoms with Crippen LogP contribution in [0.5, 0.6) is 0 Å². The monoisotopic (exact) mass is 319 g/mol. The zero-order valence-electron chi connectivity index (χ0n) is 10.3. The van der Waals surface area contributed by atoms with Crippen LogP contribution in [0, 0.1) is 0 Å².